The van der Waals surface area contributed by atoms with Crippen LogP contribution >= 0.6 is 0 Å². The summed E-state index contributed by atoms with van der Waals surface area (Å²) in [7, 11) is 0. The van der Waals surface area contributed by atoms with Crippen LogP contribution in [0, 0.1) is 22.7 Å². The number of nitrogens with one attached hydrogen (secondary N) is 3. The van der Waals surface area contributed by atoms with E-state index < -0.39 is 6.04 Å². The maximum Gasteiger partial charge on any atom is 0.250 e. The van der Waals surface area contributed by atoms with Gasteiger partial charge in [0, 0.05) is 45.8 Å². The fourth-order valence-electron chi connectivity index (χ4n) is 8.78. The Bertz CT molecular complexity index is 2120. The maximum absolute atomic E-state index is 14.5. The maximum atomic E-state index is 14.5. The monoisotopic (exact) mass is 682 g/mol. The molecule has 0 bridgehead atoms. The van der Waals surface area contributed by atoms with Gasteiger partial charge in [0.25, 0.3) is 0 Å². The van der Waals surface area contributed by atoms with Crippen LogP contribution in [0.15, 0.2) is 73.3 Å². The SMILES string of the molecule is C[C@H]1C[C@@H](c2ncc(-c3cc4c5c(c3)OCc3cc(-c6cnc[nH]6)cc(c3-5)OC4)[nH]2)N(C(=O)[C@H](NC(=O)C2C(C)(C)C2(C)C)c2ccccc2)C1. The van der Waals surface area contributed by atoms with E-state index >= 15 is 0 Å². The van der Waals surface area contributed by atoms with Gasteiger partial charge in [0.2, 0.25) is 11.8 Å². The Labute approximate surface area is 297 Å². The molecule has 2 aromatic heterocycles. The second-order valence-corrected chi connectivity index (χ2v) is 15.8. The van der Waals surface area contributed by atoms with Gasteiger partial charge in [-0.1, -0.05) is 65.0 Å². The van der Waals surface area contributed by atoms with Gasteiger partial charge in [-0.05, 0) is 53.0 Å². The number of carbonyl (C=O) groups is 2. The molecule has 9 rings (SSSR count). The normalized spacial score (nSPS) is 21.3. The van der Waals surface area contributed by atoms with E-state index in [0.717, 1.165) is 74.1 Å². The molecule has 1 aliphatic carbocycles. The molecule has 0 unspecified atom stereocenters. The molecule has 2 amide bonds. The van der Waals surface area contributed by atoms with Crippen molar-refractivity contribution in [1.29, 1.82) is 0 Å². The van der Waals surface area contributed by atoms with Gasteiger partial charge < -0.3 is 29.7 Å². The molecule has 1 saturated carbocycles. The van der Waals surface area contributed by atoms with Crippen molar-refractivity contribution in [2.24, 2.45) is 22.7 Å². The fourth-order valence-corrected chi connectivity index (χ4v) is 8.78. The van der Waals surface area contributed by atoms with Crippen molar-refractivity contribution < 1.29 is 19.1 Å². The number of likely N-dealkylation sites (tertiary alicyclic amines) is 1. The molecule has 3 atom stereocenters. The average molecular weight is 683 g/mol. The molecule has 51 heavy (non-hydrogen) atoms. The molecule has 4 aliphatic rings. The minimum Gasteiger partial charge on any atom is -0.488 e. The number of hydrogen-bond acceptors (Lipinski definition) is 6. The predicted molar refractivity (Wildman–Crippen MR) is 192 cm³/mol. The predicted octanol–water partition coefficient (Wildman–Crippen LogP) is 7.37. The van der Waals surface area contributed by atoms with E-state index in [0.29, 0.717) is 19.8 Å². The Morgan fingerprint density at radius 2 is 1.55 bits per heavy atom. The zero-order valence-corrected chi connectivity index (χ0v) is 29.5. The zero-order chi connectivity index (χ0) is 35.2. The number of hydrogen-bond donors (Lipinski definition) is 3. The lowest BCUT2D eigenvalue weighted by Gasteiger charge is -2.30. The number of rotatable bonds is 7. The lowest BCUT2D eigenvalue weighted by molar-refractivity contribution is -0.138. The summed E-state index contributed by atoms with van der Waals surface area (Å²) in [5, 5.41) is 3.17. The van der Waals surface area contributed by atoms with Gasteiger partial charge in [0.05, 0.1) is 36.2 Å². The second-order valence-electron chi connectivity index (χ2n) is 15.8. The van der Waals surface area contributed by atoms with Crippen LogP contribution in [0.5, 0.6) is 11.5 Å². The van der Waals surface area contributed by atoms with Crippen LogP contribution in [-0.2, 0) is 22.8 Å². The summed E-state index contributed by atoms with van der Waals surface area (Å²) in [6.45, 7) is 12.1. The Balaban J connectivity index is 1.00. The summed E-state index contributed by atoms with van der Waals surface area (Å²) in [6, 6.07) is 16.9. The Morgan fingerprint density at radius 3 is 2.16 bits per heavy atom. The summed E-state index contributed by atoms with van der Waals surface area (Å²) in [5.41, 5.74) is 8.52. The first-order valence-electron chi connectivity index (χ1n) is 17.8. The van der Waals surface area contributed by atoms with Gasteiger partial charge in [0.15, 0.2) is 0 Å². The number of benzene rings is 3. The van der Waals surface area contributed by atoms with Crippen molar-refractivity contribution in [1.82, 2.24) is 30.2 Å². The molecule has 260 valence electrons. The minimum absolute atomic E-state index is 0.0770. The van der Waals surface area contributed by atoms with Crippen LogP contribution in [0.2, 0.25) is 0 Å². The van der Waals surface area contributed by atoms with E-state index in [1.165, 1.54) is 0 Å². The Hall–Kier alpha value is -5.38. The van der Waals surface area contributed by atoms with Crippen LogP contribution in [0.1, 0.15) is 75.6 Å². The molecule has 5 aromatic rings. The first-order valence-corrected chi connectivity index (χ1v) is 17.8. The first-order chi connectivity index (χ1) is 24.5. The van der Waals surface area contributed by atoms with Crippen LogP contribution in [0.25, 0.3) is 33.6 Å². The van der Waals surface area contributed by atoms with Crippen LogP contribution in [0.4, 0.5) is 0 Å². The summed E-state index contributed by atoms with van der Waals surface area (Å²) < 4.78 is 12.7. The molecular weight excluding hydrogens is 640 g/mol. The van der Waals surface area contributed by atoms with Crippen LogP contribution in [-0.4, -0.2) is 43.2 Å². The van der Waals surface area contributed by atoms with Crippen molar-refractivity contribution in [2.75, 3.05) is 6.54 Å². The topological polar surface area (TPSA) is 125 Å². The van der Waals surface area contributed by atoms with Gasteiger partial charge in [-0.25, -0.2) is 9.97 Å². The molecule has 0 radical (unpaired) electrons. The summed E-state index contributed by atoms with van der Waals surface area (Å²) >= 11 is 0. The van der Waals surface area contributed by atoms with Gasteiger partial charge in [0.1, 0.15) is 36.6 Å². The fraction of sp³-hybridized carbons (Fsp3) is 0.366. The third-order valence-electron chi connectivity index (χ3n) is 12.2. The molecule has 3 aliphatic heterocycles. The number of aromatic amines is 2. The smallest absolute Gasteiger partial charge is 0.250 e. The van der Waals surface area contributed by atoms with Crippen molar-refractivity contribution in [3.05, 3.63) is 95.8 Å². The van der Waals surface area contributed by atoms with E-state index in [9.17, 15) is 9.59 Å². The minimum atomic E-state index is -0.789. The van der Waals surface area contributed by atoms with Crippen LogP contribution < -0.4 is 14.8 Å². The average Bonchev–Trinajstić information content (AvgIpc) is 3.79. The number of amides is 2. The highest BCUT2D eigenvalue weighted by Crippen LogP contribution is 2.68. The standard InChI is InChI=1S/C41H42N6O4/c1-22-11-30(47(18-22)39(49)35(23-9-7-6-8-10-23)46-38(48)36-40(2,3)41(36,4)5)37-43-17-29(45-37)25-13-27-20-50-31-14-24(28-16-42-21-44-28)12-26-19-51-32(15-25)34(27)33(26)31/h6-10,12-17,21-22,30,35-36H,11,18-20H2,1-5H3,(H,42,44)(H,43,45)(H,46,48)/t22-,30-,35+/m0/s1. The van der Waals surface area contributed by atoms with Crippen molar-refractivity contribution >= 4 is 11.8 Å². The molecule has 10 heteroatoms. The van der Waals surface area contributed by atoms with Crippen molar-refractivity contribution in [3.63, 3.8) is 0 Å². The van der Waals surface area contributed by atoms with E-state index in [1.807, 2.05) is 47.6 Å². The van der Waals surface area contributed by atoms with Crippen LogP contribution in [0.3, 0.4) is 0 Å². The summed E-state index contributed by atoms with van der Waals surface area (Å²) in [5.74, 6) is 2.30. The number of carbonyl (C=O) groups excluding carboxylic acids is 2. The third kappa shape index (κ3) is 4.98. The molecule has 1 saturated heterocycles. The lowest BCUT2D eigenvalue weighted by Crippen LogP contribution is -2.44. The lowest BCUT2D eigenvalue weighted by atomic mass is 9.87. The number of nitrogens with zero attached hydrogens (tertiary/aromatic N) is 3. The quantitative estimate of drug-likeness (QED) is 0.165. The van der Waals surface area contributed by atoms with Crippen molar-refractivity contribution in [2.45, 2.75) is 66.3 Å². The largest absolute Gasteiger partial charge is 0.488 e. The molecule has 3 N–H and O–H groups in total. The Kier molecular flexibility index (Phi) is 7.01. The summed E-state index contributed by atoms with van der Waals surface area (Å²) in [6.07, 6.45) is 6.09. The second kappa shape index (κ2) is 11.3. The number of aromatic nitrogens is 4. The highest BCUT2D eigenvalue weighted by Gasteiger charge is 2.68. The van der Waals surface area contributed by atoms with Crippen molar-refractivity contribution in [3.8, 4) is 45.1 Å². The highest BCUT2D eigenvalue weighted by molar-refractivity contribution is 5.92. The third-order valence-corrected chi connectivity index (χ3v) is 12.2. The Morgan fingerprint density at radius 1 is 0.902 bits per heavy atom. The first kappa shape index (κ1) is 31.6. The molecule has 3 aromatic carbocycles. The van der Waals surface area contributed by atoms with Gasteiger partial charge in [-0.15, -0.1) is 0 Å². The summed E-state index contributed by atoms with van der Waals surface area (Å²) in [4.78, 5) is 45.9. The van der Waals surface area contributed by atoms with E-state index in [1.54, 1.807) is 6.33 Å². The van der Waals surface area contributed by atoms with Gasteiger partial charge in [-0.2, -0.15) is 0 Å². The van der Waals surface area contributed by atoms with E-state index in [4.69, 9.17) is 14.5 Å². The molecule has 2 fully saturated rings. The zero-order valence-electron chi connectivity index (χ0n) is 29.5. The molecule has 10 nitrogen and oxygen atoms in total. The highest BCUT2D eigenvalue weighted by atomic mass is 16.5. The van der Waals surface area contributed by atoms with E-state index in [-0.39, 0.29) is 40.5 Å². The molecule has 5 heterocycles. The number of imidazole rings is 2. The van der Waals surface area contributed by atoms with E-state index in [2.05, 4.69) is 79.2 Å². The molecule has 0 spiro atoms. The number of H-pyrrole nitrogens is 2. The van der Waals surface area contributed by atoms with Gasteiger partial charge in [-0.3, -0.25) is 9.59 Å². The number of ether oxygens (including phenoxy) is 2. The molecular formula is C41H42N6O4. The van der Waals surface area contributed by atoms with Gasteiger partial charge >= 0.3 is 0 Å².